The minimum absolute atomic E-state index is 0.175. The molecule has 26 heavy (non-hydrogen) atoms. The summed E-state index contributed by atoms with van der Waals surface area (Å²) >= 11 is 0. The lowest BCUT2D eigenvalue weighted by Crippen LogP contribution is -2.24. The van der Waals surface area contributed by atoms with Crippen molar-refractivity contribution in [2.24, 2.45) is 0 Å². The molecule has 1 fully saturated rings. The normalized spacial score (nSPS) is 19.4. The number of benzene rings is 1. The zero-order valence-electron chi connectivity index (χ0n) is 15.0. The number of ketones is 1. The number of furan rings is 1. The van der Waals surface area contributed by atoms with Crippen LogP contribution >= 0.6 is 0 Å². The molecular formula is C21H23NO4. The van der Waals surface area contributed by atoms with Crippen LogP contribution in [-0.2, 0) is 6.54 Å². The third-order valence-corrected chi connectivity index (χ3v) is 5.03. The molecule has 4 rings (SSSR count). The van der Waals surface area contributed by atoms with Crippen LogP contribution in [-0.4, -0.2) is 28.9 Å². The van der Waals surface area contributed by atoms with Crippen LogP contribution in [0.2, 0.25) is 0 Å². The van der Waals surface area contributed by atoms with E-state index in [0.29, 0.717) is 29.2 Å². The van der Waals surface area contributed by atoms with Crippen LogP contribution in [0.5, 0.6) is 11.5 Å². The van der Waals surface area contributed by atoms with Gasteiger partial charge in [0.25, 0.3) is 0 Å². The average Bonchev–Trinajstić information content (AvgIpc) is 3.05. The fourth-order valence-corrected chi connectivity index (χ4v) is 3.63. The van der Waals surface area contributed by atoms with Crippen LogP contribution in [0.25, 0.3) is 6.08 Å². The number of hydrogen-bond acceptors (Lipinski definition) is 5. The number of aromatic hydroxyl groups is 1. The Morgan fingerprint density at radius 2 is 1.88 bits per heavy atom. The maximum absolute atomic E-state index is 12.7. The lowest BCUT2D eigenvalue weighted by Gasteiger charge is -2.21. The van der Waals surface area contributed by atoms with Crippen molar-refractivity contribution in [2.45, 2.75) is 39.2 Å². The molecule has 2 aliphatic heterocycles. The number of Topliss-reactive ketones (excluding diaryl/α,β-unsaturated/α-hetero) is 1. The van der Waals surface area contributed by atoms with Gasteiger partial charge in [0.1, 0.15) is 23.0 Å². The van der Waals surface area contributed by atoms with Gasteiger partial charge in [-0.2, -0.15) is 0 Å². The fraction of sp³-hybridized carbons (Fsp3) is 0.381. The molecule has 5 heteroatoms. The van der Waals surface area contributed by atoms with Crippen LogP contribution < -0.4 is 4.74 Å². The summed E-state index contributed by atoms with van der Waals surface area (Å²) < 4.78 is 11.4. The van der Waals surface area contributed by atoms with E-state index in [-0.39, 0.29) is 17.3 Å². The van der Waals surface area contributed by atoms with E-state index in [0.717, 1.165) is 18.8 Å². The molecule has 1 saturated heterocycles. The Morgan fingerprint density at radius 3 is 2.58 bits per heavy atom. The van der Waals surface area contributed by atoms with Gasteiger partial charge >= 0.3 is 0 Å². The molecule has 0 radical (unpaired) electrons. The number of nitrogens with zero attached hydrogens (tertiary/aromatic N) is 1. The maximum atomic E-state index is 12.7. The predicted molar refractivity (Wildman–Crippen MR) is 98.2 cm³/mol. The molecular weight excluding hydrogens is 330 g/mol. The third-order valence-electron chi connectivity index (χ3n) is 5.03. The zero-order chi connectivity index (χ0) is 18.1. The highest BCUT2D eigenvalue weighted by molar-refractivity contribution is 6.14. The minimum atomic E-state index is -0.175. The molecule has 0 unspecified atom stereocenters. The molecule has 2 aliphatic rings. The number of carbonyl (C=O) groups excluding carboxylic acids is 1. The Hall–Kier alpha value is -2.53. The first-order valence-corrected chi connectivity index (χ1v) is 9.20. The SMILES string of the molecule is Cc1ccc(/C=C2/Oc3c(ccc(O)c3CN3CCCCCC3)C2=O)o1. The van der Waals surface area contributed by atoms with E-state index in [4.69, 9.17) is 9.15 Å². The van der Waals surface area contributed by atoms with Crippen LogP contribution in [0.15, 0.2) is 34.4 Å². The summed E-state index contributed by atoms with van der Waals surface area (Å²) in [5.41, 5.74) is 1.19. The number of phenols is 1. The smallest absolute Gasteiger partial charge is 0.232 e. The van der Waals surface area contributed by atoms with Crippen molar-refractivity contribution < 1.29 is 19.1 Å². The minimum Gasteiger partial charge on any atom is -0.507 e. The second kappa shape index (κ2) is 7.00. The largest absolute Gasteiger partial charge is 0.507 e. The van der Waals surface area contributed by atoms with E-state index >= 15 is 0 Å². The van der Waals surface area contributed by atoms with Gasteiger partial charge in [-0.25, -0.2) is 0 Å². The number of aryl methyl sites for hydroxylation is 1. The first-order chi connectivity index (χ1) is 12.6. The van der Waals surface area contributed by atoms with Crippen LogP contribution in [0.1, 0.15) is 53.1 Å². The van der Waals surface area contributed by atoms with Gasteiger partial charge in [-0.1, -0.05) is 12.8 Å². The monoisotopic (exact) mass is 353 g/mol. The number of carbonyl (C=O) groups is 1. The number of ether oxygens (including phenoxy) is 1. The van der Waals surface area contributed by atoms with Crippen molar-refractivity contribution in [3.05, 3.63) is 52.7 Å². The topological polar surface area (TPSA) is 62.9 Å². The van der Waals surface area contributed by atoms with Gasteiger partial charge in [0.15, 0.2) is 5.76 Å². The number of rotatable bonds is 3. The molecule has 0 amide bonds. The summed E-state index contributed by atoms with van der Waals surface area (Å²) in [5, 5.41) is 10.4. The molecule has 0 bridgehead atoms. The van der Waals surface area contributed by atoms with Crippen molar-refractivity contribution >= 4 is 11.9 Å². The van der Waals surface area contributed by atoms with Gasteiger partial charge < -0.3 is 14.3 Å². The van der Waals surface area contributed by atoms with Gasteiger partial charge in [0, 0.05) is 12.6 Å². The molecule has 0 atom stereocenters. The van der Waals surface area contributed by atoms with E-state index in [2.05, 4.69) is 4.90 Å². The van der Waals surface area contributed by atoms with Crippen molar-refractivity contribution in [2.75, 3.05) is 13.1 Å². The molecule has 1 aromatic heterocycles. The predicted octanol–water partition coefficient (Wildman–Crippen LogP) is 4.29. The Morgan fingerprint density at radius 1 is 1.12 bits per heavy atom. The molecule has 3 heterocycles. The van der Waals surface area contributed by atoms with Crippen LogP contribution in [0.4, 0.5) is 0 Å². The standard InChI is InChI=1S/C21H23NO4/c1-14-6-7-15(25-14)12-19-20(24)16-8-9-18(23)17(21(16)26-19)13-22-10-4-2-3-5-11-22/h6-9,12,23H,2-5,10-11,13H2,1H3/b19-12+. The summed E-state index contributed by atoms with van der Waals surface area (Å²) in [7, 11) is 0. The summed E-state index contributed by atoms with van der Waals surface area (Å²) in [4.78, 5) is 15.0. The number of hydrogen-bond donors (Lipinski definition) is 1. The molecule has 1 N–H and O–H groups in total. The number of fused-ring (bicyclic) bond motifs is 1. The van der Waals surface area contributed by atoms with E-state index in [1.54, 1.807) is 24.3 Å². The zero-order valence-corrected chi connectivity index (χ0v) is 15.0. The Balaban J connectivity index is 1.64. The maximum Gasteiger partial charge on any atom is 0.232 e. The highest BCUT2D eigenvalue weighted by atomic mass is 16.5. The second-order valence-corrected chi connectivity index (χ2v) is 7.02. The molecule has 2 aromatic rings. The van der Waals surface area contributed by atoms with Crippen molar-refractivity contribution in [3.8, 4) is 11.5 Å². The molecule has 0 saturated carbocycles. The lowest BCUT2D eigenvalue weighted by atomic mass is 10.0. The van der Waals surface area contributed by atoms with E-state index in [1.807, 2.05) is 13.0 Å². The van der Waals surface area contributed by atoms with Gasteiger partial charge in [-0.05, 0) is 57.1 Å². The number of phenolic OH excluding ortho intramolecular Hbond substituents is 1. The molecule has 136 valence electrons. The molecule has 1 aromatic carbocycles. The van der Waals surface area contributed by atoms with Gasteiger partial charge in [-0.15, -0.1) is 0 Å². The van der Waals surface area contributed by atoms with Crippen LogP contribution in [0.3, 0.4) is 0 Å². The Bertz CT molecular complexity index is 857. The Labute approximate surface area is 152 Å². The molecule has 5 nitrogen and oxygen atoms in total. The van der Waals surface area contributed by atoms with E-state index in [1.165, 1.54) is 25.7 Å². The number of likely N-dealkylation sites (tertiary alicyclic amines) is 1. The highest BCUT2D eigenvalue weighted by Gasteiger charge is 2.32. The summed E-state index contributed by atoms with van der Waals surface area (Å²) in [6.45, 7) is 4.46. The van der Waals surface area contributed by atoms with E-state index in [9.17, 15) is 9.90 Å². The quantitative estimate of drug-likeness (QED) is 0.834. The van der Waals surface area contributed by atoms with Gasteiger partial charge in [-0.3, -0.25) is 9.69 Å². The van der Waals surface area contributed by atoms with Crippen molar-refractivity contribution in [3.63, 3.8) is 0 Å². The first-order valence-electron chi connectivity index (χ1n) is 9.20. The van der Waals surface area contributed by atoms with Crippen LogP contribution in [0, 0.1) is 6.92 Å². The summed E-state index contributed by atoms with van der Waals surface area (Å²) in [6.07, 6.45) is 6.44. The second-order valence-electron chi connectivity index (χ2n) is 7.02. The summed E-state index contributed by atoms with van der Waals surface area (Å²) in [5.74, 6) is 2.07. The van der Waals surface area contributed by atoms with Crippen molar-refractivity contribution in [1.29, 1.82) is 0 Å². The third kappa shape index (κ3) is 3.27. The molecule has 0 spiro atoms. The summed E-state index contributed by atoms with van der Waals surface area (Å²) in [6, 6.07) is 6.87. The average molecular weight is 353 g/mol. The lowest BCUT2D eigenvalue weighted by molar-refractivity contribution is 0.101. The molecule has 0 aliphatic carbocycles. The number of allylic oxidation sites excluding steroid dienone is 1. The first kappa shape index (κ1) is 16.9. The highest BCUT2D eigenvalue weighted by Crippen LogP contribution is 2.40. The Kier molecular flexibility index (Phi) is 4.55. The fourth-order valence-electron chi connectivity index (χ4n) is 3.63. The van der Waals surface area contributed by atoms with Gasteiger partial charge in [0.05, 0.1) is 11.1 Å². The van der Waals surface area contributed by atoms with E-state index < -0.39 is 0 Å². The van der Waals surface area contributed by atoms with Crippen molar-refractivity contribution in [1.82, 2.24) is 4.90 Å². The van der Waals surface area contributed by atoms with Gasteiger partial charge in [0.2, 0.25) is 5.78 Å².